The molecule has 0 aliphatic heterocycles. The first kappa shape index (κ1) is 15.8. The van der Waals surface area contributed by atoms with Crippen molar-refractivity contribution in [1.29, 1.82) is 0 Å². The average Bonchev–Trinajstić information content (AvgIpc) is 2.42. The van der Waals surface area contributed by atoms with Crippen molar-refractivity contribution in [3.8, 4) is 0 Å². The van der Waals surface area contributed by atoms with Crippen LogP contribution in [0, 0.1) is 16.7 Å². The second-order valence-corrected chi connectivity index (χ2v) is 7.94. The Morgan fingerprint density at radius 3 is 2.15 bits per heavy atom. The first-order valence-corrected chi connectivity index (χ1v) is 8.28. The van der Waals surface area contributed by atoms with Gasteiger partial charge in [0, 0.05) is 6.54 Å². The standard InChI is InChI=1S/C17H31NO2/c1-13-4-10-17(12-18,11-5-13)15(19)20-14-6-8-16(2,3)9-7-14/h13-14H,4-12,18H2,1-3H3. The smallest absolute Gasteiger partial charge is 0.313 e. The molecule has 0 saturated heterocycles. The van der Waals surface area contributed by atoms with Crippen molar-refractivity contribution in [1.82, 2.24) is 0 Å². The van der Waals surface area contributed by atoms with Crippen LogP contribution in [0.4, 0.5) is 0 Å². The number of carbonyl (C=O) groups excluding carboxylic acids is 1. The molecule has 0 heterocycles. The molecule has 0 aromatic carbocycles. The van der Waals surface area contributed by atoms with E-state index in [4.69, 9.17) is 10.5 Å². The number of carbonyl (C=O) groups is 1. The number of esters is 1. The lowest BCUT2D eigenvalue weighted by Crippen LogP contribution is -2.44. The molecule has 0 atom stereocenters. The molecule has 0 unspecified atom stereocenters. The van der Waals surface area contributed by atoms with Gasteiger partial charge in [0.1, 0.15) is 6.10 Å². The van der Waals surface area contributed by atoms with Crippen molar-refractivity contribution >= 4 is 5.97 Å². The summed E-state index contributed by atoms with van der Waals surface area (Å²) >= 11 is 0. The van der Waals surface area contributed by atoms with Crippen molar-refractivity contribution in [2.24, 2.45) is 22.5 Å². The first-order valence-electron chi connectivity index (χ1n) is 8.28. The summed E-state index contributed by atoms with van der Waals surface area (Å²) < 4.78 is 5.83. The van der Waals surface area contributed by atoms with Crippen LogP contribution in [0.25, 0.3) is 0 Å². The fraction of sp³-hybridized carbons (Fsp3) is 0.941. The summed E-state index contributed by atoms with van der Waals surface area (Å²) in [6.07, 6.45) is 8.45. The second-order valence-electron chi connectivity index (χ2n) is 7.94. The third-order valence-corrected chi connectivity index (χ3v) is 5.62. The fourth-order valence-electron chi connectivity index (χ4n) is 3.57. The molecule has 0 bridgehead atoms. The zero-order valence-corrected chi connectivity index (χ0v) is 13.4. The molecule has 0 radical (unpaired) electrons. The van der Waals surface area contributed by atoms with Crippen LogP contribution in [0.5, 0.6) is 0 Å². The van der Waals surface area contributed by atoms with Crippen LogP contribution in [0.15, 0.2) is 0 Å². The van der Waals surface area contributed by atoms with Crippen LogP contribution in [0.1, 0.15) is 72.1 Å². The molecule has 2 aliphatic rings. The van der Waals surface area contributed by atoms with Crippen molar-refractivity contribution in [2.45, 2.75) is 78.2 Å². The van der Waals surface area contributed by atoms with Gasteiger partial charge in [-0.25, -0.2) is 0 Å². The molecular weight excluding hydrogens is 250 g/mol. The number of rotatable bonds is 3. The van der Waals surface area contributed by atoms with Gasteiger partial charge >= 0.3 is 5.97 Å². The molecule has 0 spiro atoms. The van der Waals surface area contributed by atoms with Gasteiger partial charge in [-0.3, -0.25) is 4.79 Å². The van der Waals surface area contributed by atoms with Crippen LogP contribution < -0.4 is 5.73 Å². The van der Waals surface area contributed by atoms with E-state index in [0.717, 1.165) is 57.3 Å². The van der Waals surface area contributed by atoms with E-state index in [1.165, 1.54) is 0 Å². The highest BCUT2D eigenvalue weighted by Crippen LogP contribution is 2.41. The van der Waals surface area contributed by atoms with Crippen molar-refractivity contribution < 1.29 is 9.53 Å². The van der Waals surface area contributed by atoms with Gasteiger partial charge in [-0.05, 0) is 62.7 Å². The topological polar surface area (TPSA) is 52.3 Å². The van der Waals surface area contributed by atoms with Gasteiger partial charge in [0.2, 0.25) is 0 Å². The molecule has 2 saturated carbocycles. The molecule has 3 heteroatoms. The second kappa shape index (κ2) is 6.05. The lowest BCUT2D eigenvalue weighted by atomic mass is 9.70. The minimum Gasteiger partial charge on any atom is -0.462 e. The molecule has 0 aromatic heterocycles. The maximum Gasteiger partial charge on any atom is 0.313 e. The normalized spacial score (nSPS) is 34.7. The first-order chi connectivity index (χ1) is 9.37. The van der Waals surface area contributed by atoms with Crippen LogP contribution in [-0.2, 0) is 9.53 Å². The maximum atomic E-state index is 12.6. The number of hydrogen-bond acceptors (Lipinski definition) is 3. The molecular formula is C17H31NO2. The average molecular weight is 281 g/mol. The molecule has 2 N–H and O–H groups in total. The Morgan fingerprint density at radius 2 is 1.65 bits per heavy atom. The molecule has 20 heavy (non-hydrogen) atoms. The van der Waals surface area contributed by atoms with E-state index < -0.39 is 0 Å². The summed E-state index contributed by atoms with van der Waals surface area (Å²) in [5.74, 6) is 0.703. The van der Waals surface area contributed by atoms with Gasteiger partial charge in [-0.15, -0.1) is 0 Å². The van der Waals surface area contributed by atoms with E-state index >= 15 is 0 Å². The zero-order valence-electron chi connectivity index (χ0n) is 13.4. The third-order valence-electron chi connectivity index (χ3n) is 5.62. The van der Waals surface area contributed by atoms with Crippen LogP contribution in [0.3, 0.4) is 0 Å². The Hall–Kier alpha value is -0.570. The van der Waals surface area contributed by atoms with Crippen LogP contribution in [-0.4, -0.2) is 18.6 Å². The summed E-state index contributed by atoms with van der Waals surface area (Å²) in [6.45, 7) is 7.30. The van der Waals surface area contributed by atoms with Gasteiger partial charge in [-0.1, -0.05) is 20.8 Å². The monoisotopic (exact) mass is 281 g/mol. The minimum atomic E-state index is -0.389. The maximum absolute atomic E-state index is 12.6. The van der Waals surface area contributed by atoms with E-state index in [0.29, 0.717) is 12.0 Å². The number of ether oxygens (including phenoxy) is 1. The molecule has 2 fully saturated rings. The van der Waals surface area contributed by atoms with Crippen molar-refractivity contribution in [3.05, 3.63) is 0 Å². The van der Waals surface area contributed by atoms with Gasteiger partial charge in [-0.2, -0.15) is 0 Å². The predicted molar refractivity (Wildman–Crippen MR) is 81.2 cm³/mol. The summed E-state index contributed by atoms with van der Waals surface area (Å²) in [5.41, 5.74) is 5.95. The van der Waals surface area contributed by atoms with Crippen molar-refractivity contribution in [3.63, 3.8) is 0 Å². The lowest BCUT2D eigenvalue weighted by Gasteiger charge is -2.39. The Balaban J connectivity index is 1.90. The van der Waals surface area contributed by atoms with Gasteiger partial charge in [0.25, 0.3) is 0 Å². The largest absolute Gasteiger partial charge is 0.462 e. The number of nitrogens with two attached hydrogens (primary N) is 1. The Labute approximate surface area is 123 Å². The predicted octanol–water partition coefficient (Wildman–Crippen LogP) is 3.65. The molecule has 3 nitrogen and oxygen atoms in total. The molecule has 0 amide bonds. The summed E-state index contributed by atoms with van der Waals surface area (Å²) in [4.78, 5) is 12.6. The third kappa shape index (κ3) is 3.55. The summed E-state index contributed by atoms with van der Waals surface area (Å²) in [5, 5.41) is 0. The lowest BCUT2D eigenvalue weighted by molar-refractivity contribution is -0.166. The SMILES string of the molecule is CC1CCC(CN)(C(=O)OC2CCC(C)(C)CC2)CC1. The molecule has 116 valence electrons. The van der Waals surface area contributed by atoms with E-state index in [1.807, 2.05) is 0 Å². The fourth-order valence-corrected chi connectivity index (χ4v) is 3.57. The van der Waals surface area contributed by atoms with E-state index in [9.17, 15) is 4.79 Å². The summed E-state index contributed by atoms with van der Waals surface area (Å²) in [7, 11) is 0. The zero-order chi connectivity index (χ0) is 14.8. The van der Waals surface area contributed by atoms with Crippen LogP contribution in [0.2, 0.25) is 0 Å². The van der Waals surface area contributed by atoms with Crippen LogP contribution >= 0.6 is 0 Å². The molecule has 2 aliphatic carbocycles. The van der Waals surface area contributed by atoms with Crippen molar-refractivity contribution in [2.75, 3.05) is 6.54 Å². The quantitative estimate of drug-likeness (QED) is 0.803. The highest BCUT2D eigenvalue weighted by Gasteiger charge is 2.42. The summed E-state index contributed by atoms with van der Waals surface area (Å²) in [6, 6.07) is 0. The highest BCUT2D eigenvalue weighted by molar-refractivity contribution is 5.77. The molecule has 2 rings (SSSR count). The Morgan fingerprint density at radius 1 is 1.10 bits per heavy atom. The minimum absolute atomic E-state index is 0.0170. The van der Waals surface area contributed by atoms with E-state index in [1.54, 1.807) is 0 Å². The van der Waals surface area contributed by atoms with E-state index in [-0.39, 0.29) is 17.5 Å². The van der Waals surface area contributed by atoms with Gasteiger partial charge in [0.05, 0.1) is 5.41 Å². The van der Waals surface area contributed by atoms with E-state index in [2.05, 4.69) is 20.8 Å². The Kier molecular flexibility index (Phi) is 4.78. The highest BCUT2D eigenvalue weighted by atomic mass is 16.5. The van der Waals surface area contributed by atoms with Gasteiger partial charge in [0.15, 0.2) is 0 Å². The van der Waals surface area contributed by atoms with Gasteiger partial charge < -0.3 is 10.5 Å². The Bertz CT molecular complexity index is 333. The molecule has 0 aromatic rings. The number of hydrogen-bond donors (Lipinski definition) is 1.